The third-order valence-corrected chi connectivity index (χ3v) is 6.28. The van der Waals surface area contributed by atoms with Gasteiger partial charge in [0.25, 0.3) is 0 Å². The van der Waals surface area contributed by atoms with Crippen LogP contribution in [0.5, 0.6) is 34.5 Å². The summed E-state index contributed by atoms with van der Waals surface area (Å²) in [6, 6.07) is 10.6. The van der Waals surface area contributed by atoms with Gasteiger partial charge in [0, 0.05) is 12.5 Å². The highest BCUT2D eigenvalue weighted by Crippen LogP contribution is 2.36. The van der Waals surface area contributed by atoms with Gasteiger partial charge in [-0.2, -0.15) is 0 Å². The van der Waals surface area contributed by atoms with Crippen molar-refractivity contribution in [1.29, 1.82) is 0 Å². The minimum absolute atomic E-state index is 0.263. The molecule has 3 aromatic rings. The Kier molecular flexibility index (Phi) is 10.2. The molecule has 0 spiro atoms. The number of unbranched alkanes of at least 4 members (excludes halogenated alkanes) is 2. The van der Waals surface area contributed by atoms with E-state index in [0.717, 1.165) is 18.9 Å². The fourth-order valence-electron chi connectivity index (χ4n) is 4.10. The largest absolute Gasteiger partial charge is 0.504 e. The van der Waals surface area contributed by atoms with Crippen LogP contribution in [0.1, 0.15) is 54.9 Å². The number of carbonyl (C=O) groups excluding carboxylic acids is 1. The Morgan fingerprint density at radius 2 is 1.41 bits per heavy atom. The fraction of sp³-hybridized carbons (Fsp3) is 0.226. The first-order valence-corrected chi connectivity index (χ1v) is 12.9. The number of hydrogen-bond acceptors (Lipinski definition) is 9. The molecule has 0 aromatic heterocycles. The predicted octanol–water partition coefficient (Wildman–Crippen LogP) is 5.29. The van der Waals surface area contributed by atoms with Gasteiger partial charge in [-0.15, -0.1) is 0 Å². The molecule has 216 valence electrons. The molecule has 0 aliphatic carbocycles. The predicted molar refractivity (Wildman–Crippen MR) is 152 cm³/mol. The first-order valence-electron chi connectivity index (χ1n) is 12.9. The molecule has 0 amide bonds. The number of allylic oxidation sites excluding steroid dienone is 1. The van der Waals surface area contributed by atoms with Crippen LogP contribution in [0.15, 0.2) is 54.6 Å². The molecule has 7 N–H and O–H groups in total. The van der Waals surface area contributed by atoms with E-state index in [1.165, 1.54) is 42.5 Å². The molecular weight excluding hydrogens is 532 g/mol. The van der Waals surface area contributed by atoms with Crippen molar-refractivity contribution in [2.24, 2.45) is 0 Å². The molecule has 3 aromatic carbocycles. The van der Waals surface area contributed by atoms with Crippen LogP contribution < -0.4 is 0 Å². The van der Waals surface area contributed by atoms with Crippen molar-refractivity contribution < 1.29 is 50.1 Å². The minimum Gasteiger partial charge on any atom is -0.504 e. The second-order valence-electron chi connectivity index (χ2n) is 9.43. The van der Waals surface area contributed by atoms with Crippen molar-refractivity contribution in [3.63, 3.8) is 0 Å². The molecule has 0 saturated carbocycles. The molecule has 0 aliphatic heterocycles. The molecule has 41 heavy (non-hydrogen) atoms. The molecule has 0 aliphatic rings. The average molecular weight is 565 g/mol. The Balaban J connectivity index is 1.96. The summed E-state index contributed by atoms with van der Waals surface area (Å²) >= 11 is 0. The molecule has 1 atom stereocenters. The third-order valence-electron chi connectivity index (χ3n) is 6.28. The number of rotatable bonds is 12. The van der Waals surface area contributed by atoms with Crippen LogP contribution in [-0.4, -0.2) is 53.8 Å². The normalized spacial score (nSPS) is 12.4. The Hall–Kier alpha value is -5.12. The number of benzene rings is 3. The van der Waals surface area contributed by atoms with Crippen molar-refractivity contribution in [2.75, 3.05) is 0 Å². The zero-order valence-electron chi connectivity index (χ0n) is 22.3. The summed E-state index contributed by atoms with van der Waals surface area (Å²) in [6.07, 6.45) is 5.25. The van der Waals surface area contributed by atoms with E-state index in [1.807, 2.05) is 6.92 Å². The zero-order valence-corrected chi connectivity index (χ0v) is 22.3. The molecular formula is C31H32O10. The van der Waals surface area contributed by atoms with Crippen molar-refractivity contribution in [2.45, 2.75) is 45.1 Å². The number of ether oxygens (including phenoxy) is 1. The molecule has 0 bridgehead atoms. The van der Waals surface area contributed by atoms with Gasteiger partial charge in [0.05, 0.1) is 0 Å². The fourth-order valence-corrected chi connectivity index (χ4v) is 4.10. The minimum atomic E-state index is -1.59. The maximum Gasteiger partial charge on any atom is 0.345 e. The van der Waals surface area contributed by atoms with E-state index in [0.29, 0.717) is 40.7 Å². The third kappa shape index (κ3) is 8.43. The highest BCUT2D eigenvalue weighted by Gasteiger charge is 2.23. The van der Waals surface area contributed by atoms with Gasteiger partial charge in [0.2, 0.25) is 6.10 Å². The summed E-state index contributed by atoms with van der Waals surface area (Å²) in [4.78, 5) is 24.8. The number of carboxylic acids is 1. The Bertz CT molecular complexity index is 1470. The Morgan fingerprint density at radius 1 is 0.780 bits per heavy atom. The average Bonchev–Trinajstić information content (AvgIpc) is 2.92. The second-order valence-corrected chi connectivity index (χ2v) is 9.43. The molecule has 0 heterocycles. The SMILES string of the molecule is CCCCC/C(=C\C(=O)O[C@H](Cc1ccc(O)c(O)c1)C(=O)O)c1cc(O)c(O)cc1/C=C/c1ccc(O)c(O)c1. The number of phenols is 6. The first-order chi connectivity index (χ1) is 19.5. The molecule has 3 rings (SSSR count). The van der Waals surface area contributed by atoms with E-state index < -0.39 is 35.3 Å². The highest BCUT2D eigenvalue weighted by molar-refractivity contribution is 5.95. The van der Waals surface area contributed by atoms with Gasteiger partial charge in [0.1, 0.15) is 0 Å². The van der Waals surface area contributed by atoms with Crippen LogP contribution >= 0.6 is 0 Å². The van der Waals surface area contributed by atoms with Gasteiger partial charge in [-0.25, -0.2) is 9.59 Å². The van der Waals surface area contributed by atoms with Crippen LogP contribution in [-0.2, 0) is 20.7 Å². The number of hydrogen-bond donors (Lipinski definition) is 7. The summed E-state index contributed by atoms with van der Waals surface area (Å²) < 4.78 is 5.25. The van der Waals surface area contributed by atoms with E-state index >= 15 is 0 Å². The van der Waals surface area contributed by atoms with Crippen LogP contribution in [0, 0.1) is 0 Å². The summed E-state index contributed by atoms with van der Waals surface area (Å²) in [5.41, 5.74) is 2.09. The van der Waals surface area contributed by atoms with E-state index in [2.05, 4.69) is 0 Å². The van der Waals surface area contributed by atoms with Crippen LogP contribution in [0.2, 0.25) is 0 Å². The number of esters is 1. The molecule has 0 unspecified atom stereocenters. The van der Waals surface area contributed by atoms with Gasteiger partial charge in [-0.1, -0.05) is 44.1 Å². The maximum atomic E-state index is 13.0. The highest BCUT2D eigenvalue weighted by atomic mass is 16.6. The van der Waals surface area contributed by atoms with Gasteiger partial charge >= 0.3 is 11.9 Å². The van der Waals surface area contributed by atoms with E-state index in [4.69, 9.17) is 4.74 Å². The Morgan fingerprint density at radius 3 is 2.05 bits per heavy atom. The summed E-state index contributed by atoms with van der Waals surface area (Å²) in [7, 11) is 0. The van der Waals surface area contributed by atoms with Gasteiger partial charge in [0.15, 0.2) is 34.5 Å². The van der Waals surface area contributed by atoms with Crippen LogP contribution in [0.4, 0.5) is 0 Å². The molecule has 10 heteroatoms. The van der Waals surface area contributed by atoms with Gasteiger partial charge in [-0.3, -0.25) is 0 Å². The van der Waals surface area contributed by atoms with Crippen molar-refractivity contribution in [1.82, 2.24) is 0 Å². The van der Waals surface area contributed by atoms with E-state index in [9.17, 15) is 45.3 Å². The first kappa shape index (κ1) is 30.4. The monoisotopic (exact) mass is 564 g/mol. The van der Waals surface area contributed by atoms with Crippen LogP contribution in [0.3, 0.4) is 0 Å². The summed E-state index contributed by atoms with van der Waals surface area (Å²) in [5, 5.41) is 68.6. The van der Waals surface area contributed by atoms with Gasteiger partial charge < -0.3 is 40.5 Å². The van der Waals surface area contributed by atoms with E-state index in [1.54, 1.807) is 18.2 Å². The van der Waals surface area contributed by atoms with Crippen molar-refractivity contribution in [3.05, 3.63) is 76.9 Å². The lowest BCUT2D eigenvalue weighted by atomic mass is 9.93. The standard InChI is InChI=1S/C31H32O10/c1-2-3-4-5-20(16-30(38)41-29(31(39)40)14-19-8-11-24(33)26(35)13-19)22-17-28(37)27(36)15-21(22)9-6-18-7-10-23(32)25(34)12-18/h6-13,15-17,29,32-37H,2-5,14H2,1H3,(H,39,40)/b9-6+,20-16+/t29-/m1/s1. The van der Waals surface area contributed by atoms with E-state index in [-0.39, 0.29) is 23.7 Å². The summed E-state index contributed by atoms with van der Waals surface area (Å²) in [6.45, 7) is 2.00. The number of carbonyl (C=O) groups is 2. The topological polar surface area (TPSA) is 185 Å². The number of aromatic hydroxyl groups is 6. The molecule has 0 fully saturated rings. The lowest BCUT2D eigenvalue weighted by Crippen LogP contribution is -2.28. The lowest BCUT2D eigenvalue weighted by Gasteiger charge is -2.16. The maximum absolute atomic E-state index is 13.0. The van der Waals surface area contributed by atoms with Crippen molar-refractivity contribution >= 4 is 29.7 Å². The van der Waals surface area contributed by atoms with Crippen LogP contribution in [0.25, 0.3) is 17.7 Å². The molecule has 0 saturated heterocycles. The smallest absolute Gasteiger partial charge is 0.345 e. The lowest BCUT2D eigenvalue weighted by molar-refractivity contribution is -0.160. The molecule has 0 radical (unpaired) electrons. The quantitative estimate of drug-likeness (QED) is 0.0501. The molecule has 10 nitrogen and oxygen atoms in total. The Labute approximate surface area is 236 Å². The van der Waals surface area contributed by atoms with Crippen molar-refractivity contribution in [3.8, 4) is 34.5 Å². The zero-order chi connectivity index (χ0) is 30.1. The van der Waals surface area contributed by atoms with Gasteiger partial charge in [-0.05, 0) is 77.1 Å². The second kappa shape index (κ2) is 13.8. The number of phenolic OH excluding ortho intramolecular Hbond substituents is 6. The number of aliphatic carboxylic acids is 1. The number of carboxylic acid groups (broad SMARTS) is 1. The summed E-state index contributed by atoms with van der Waals surface area (Å²) in [5.74, 6) is -4.60.